The lowest BCUT2D eigenvalue weighted by molar-refractivity contribution is -0.126. The molecule has 0 unspecified atom stereocenters. The molecule has 0 aliphatic carbocycles. The standard InChI is InChI=1S/C15H23NO2/c1-5-15(6-2,7-3)14(18)16-12-9-8-11(4)13(17)10-12/h8-10,17H,5-7H2,1-4H3,(H,16,18). The maximum absolute atomic E-state index is 12.3. The quantitative estimate of drug-likeness (QED) is 0.832. The topological polar surface area (TPSA) is 49.3 Å². The van der Waals surface area contributed by atoms with Gasteiger partial charge in [0, 0.05) is 17.2 Å². The highest BCUT2D eigenvalue weighted by molar-refractivity contribution is 5.95. The van der Waals surface area contributed by atoms with Gasteiger partial charge in [0.2, 0.25) is 5.91 Å². The van der Waals surface area contributed by atoms with Gasteiger partial charge in [-0.05, 0) is 37.8 Å². The fraction of sp³-hybridized carbons (Fsp3) is 0.533. The van der Waals surface area contributed by atoms with E-state index in [2.05, 4.69) is 5.32 Å². The average molecular weight is 249 g/mol. The molecule has 100 valence electrons. The number of hydrogen-bond donors (Lipinski definition) is 2. The van der Waals surface area contributed by atoms with E-state index in [1.807, 2.05) is 33.8 Å². The van der Waals surface area contributed by atoms with Gasteiger partial charge in [0.1, 0.15) is 5.75 Å². The van der Waals surface area contributed by atoms with Gasteiger partial charge < -0.3 is 10.4 Å². The smallest absolute Gasteiger partial charge is 0.230 e. The third kappa shape index (κ3) is 2.84. The van der Waals surface area contributed by atoms with Crippen molar-refractivity contribution in [3.05, 3.63) is 23.8 Å². The second-order valence-corrected chi connectivity index (χ2v) is 4.80. The predicted molar refractivity (Wildman–Crippen MR) is 74.8 cm³/mol. The highest BCUT2D eigenvalue weighted by atomic mass is 16.3. The molecule has 0 saturated heterocycles. The molecule has 1 aromatic carbocycles. The molecule has 1 rings (SSSR count). The minimum Gasteiger partial charge on any atom is -0.508 e. The molecule has 3 nitrogen and oxygen atoms in total. The van der Waals surface area contributed by atoms with Crippen LogP contribution in [0.15, 0.2) is 18.2 Å². The largest absolute Gasteiger partial charge is 0.508 e. The van der Waals surface area contributed by atoms with Crippen molar-refractivity contribution < 1.29 is 9.90 Å². The molecule has 3 heteroatoms. The number of carbonyl (C=O) groups is 1. The van der Waals surface area contributed by atoms with Crippen molar-refractivity contribution in [2.24, 2.45) is 5.41 Å². The number of phenolic OH excluding ortho intramolecular Hbond substituents is 1. The molecule has 0 spiro atoms. The zero-order valence-electron chi connectivity index (χ0n) is 11.7. The SMILES string of the molecule is CCC(CC)(CC)C(=O)Nc1ccc(C)c(O)c1. The third-order valence-corrected chi connectivity index (χ3v) is 3.98. The van der Waals surface area contributed by atoms with Crippen LogP contribution in [0.25, 0.3) is 0 Å². The van der Waals surface area contributed by atoms with Crippen LogP contribution >= 0.6 is 0 Å². The number of amides is 1. The molecule has 0 atom stereocenters. The molecular weight excluding hydrogens is 226 g/mol. The Hall–Kier alpha value is -1.51. The molecular formula is C15H23NO2. The number of hydrogen-bond acceptors (Lipinski definition) is 2. The highest BCUT2D eigenvalue weighted by Gasteiger charge is 2.32. The first-order valence-electron chi connectivity index (χ1n) is 6.60. The summed E-state index contributed by atoms with van der Waals surface area (Å²) in [5, 5.41) is 12.5. The summed E-state index contributed by atoms with van der Waals surface area (Å²) in [5.74, 6) is 0.251. The number of carbonyl (C=O) groups excluding carboxylic acids is 1. The van der Waals surface area contributed by atoms with E-state index in [0.717, 1.165) is 24.8 Å². The molecule has 1 amide bonds. The van der Waals surface area contributed by atoms with E-state index in [1.54, 1.807) is 12.1 Å². The van der Waals surface area contributed by atoms with Crippen molar-refractivity contribution in [3.8, 4) is 5.75 Å². The van der Waals surface area contributed by atoms with Crippen LogP contribution in [0.5, 0.6) is 5.75 Å². The van der Waals surface area contributed by atoms with Gasteiger partial charge in [0.05, 0.1) is 0 Å². The van der Waals surface area contributed by atoms with E-state index in [-0.39, 0.29) is 17.1 Å². The summed E-state index contributed by atoms with van der Waals surface area (Å²) in [6.45, 7) is 7.95. The van der Waals surface area contributed by atoms with Crippen molar-refractivity contribution >= 4 is 11.6 Å². The van der Waals surface area contributed by atoms with Gasteiger partial charge >= 0.3 is 0 Å². The molecule has 0 aromatic heterocycles. The maximum atomic E-state index is 12.3. The van der Waals surface area contributed by atoms with Crippen molar-refractivity contribution in [1.29, 1.82) is 0 Å². The first kappa shape index (κ1) is 14.6. The lowest BCUT2D eigenvalue weighted by atomic mass is 9.79. The molecule has 0 fully saturated rings. The van der Waals surface area contributed by atoms with Gasteiger partial charge in [0.25, 0.3) is 0 Å². The predicted octanol–water partition coefficient (Wildman–Crippen LogP) is 3.86. The Balaban J connectivity index is 2.89. The van der Waals surface area contributed by atoms with E-state index >= 15 is 0 Å². The summed E-state index contributed by atoms with van der Waals surface area (Å²) in [4.78, 5) is 12.3. The Morgan fingerprint density at radius 2 is 1.78 bits per heavy atom. The Labute approximate surface area is 109 Å². The van der Waals surface area contributed by atoms with Crippen LogP contribution in [0.4, 0.5) is 5.69 Å². The third-order valence-electron chi connectivity index (χ3n) is 3.98. The van der Waals surface area contributed by atoms with E-state index in [9.17, 15) is 9.90 Å². The monoisotopic (exact) mass is 249 g/mol. The van der Waals surface area contributed by atoms with Crippen LogP contribution in [-0.2, 0) is 4.79 Å². The second-order valence-electron chi connectivity index (χ2n) is 4.80. The van der Waals surface area contributed by atoms with Crippen LogP contribution in [0.1, 0.15) is 45.6 Å². The Kier molecular flexibility index (Phi) is 4.76. The molecule has 0 saturated carbocycles. The first-order valence-corrected chi connectivity index (χ1v) is 6.60. The van der Waals surface area contributed by atoms with Gasteiger partial charge in [-0.1, -0.05) is 26.8 Å². The molecule has 1 aromatic rings. The van der Waals surface area contributed by atoms with Crippen LogP contribution in [0, 0.1) is 12.3 Å². The van der Waals surface area contributed by atoms with Crippen molar-refractivity contribution in [3.63, 3.8) is 0 Å². The van der Waals surface area contributed by atoms with Gasteiger partial charge in [-0.25, -0.2) is 0 Å². The lowest BCUT2D eigenvalue weighted by Crippen LogP contribution is -2.34. The zero-order chi connectivity index (χ0) is 13.8. The lowest BCUT2D eigenvalue weighted by Gasteiger charge is -2.28. The second kappa shape index (κ2) is 5.89. The van der Waals surface area contributed by atoms with Crippen LogP contribution < -0.4 is 5.32 Å². The number of aryl methyl sites for hydroxylation is 1. The Bertz CT molecular complexity index is 414. The van der Waals surface area contributed by atoms with Gasteiger partial charge in [-0.2, -0.15) is 0 Å². The molecule has 18 heavy (non-hydrogen) atoms. The van der Waals surface area contributed by atoms with E-state index in [1.165, 1.54) is 0 Å². The van der Waals surface area contributed by atoms with E-state index in [4.69, 9.17) is 0 Å². The summed E-state index contributed by atoms with van der Waals surface area (Å²) >= 11 is 0. The van der Waals surface area contributed by atoms with Gasteiger partial charge in [-0.15, -0.1) is 0 Å². The first-order chi connectivity index (χ1) is 8.49. The average Bonchev–Trinajstić information content (AvgIpc) is 2.37. The summed E-state index contributed by atoms with van der Waals surface area (Å²) < 4.78 is 0. The summed E-state index contributed by atoms with van der Waals surface area (Å²) in [7, 11) is 0. The van der Waals surface area contributed by atoms with Crippen molar-refractivity contribution in [2.45, 2.75) is 47.0 Å². The number of aromatic hydroxyl groups is 1. The summed E-state index contributed by atoms with van der Waals surface area (Å²) in [6, 6.07) is 5.22. The number of rotatable bonds is 5. The minimum atomic E-state index is -0.305. The molecule has 0 aliphatic heterocycles. The highest BCUT2D eigenvalue weighted by Crippen LogP contribution is 2.32. The number of benzene rings is 1. The van der Waals surface area contributed by atoms with E-state index in [0.29, 0.717) is 5.69 Å². The zero-order valence-corrected chi connectivity index (χ0v) is 11.7. The molecule has 0 bridgehead atoms. The molecule has 0 aliphatic rings. The van der Waals surface area contributed by atoms with Gasteiger partial charge in [0.15, 0.2) is 0 Å². The fourth-order valence-electron chi connectivity index (χ4n) is 2.18. The number of anilines is 1. The normalized spacial score (nSPS) is 11.3. The van der Waals surface area contributed by atoms with Crippen LogP contribution in [0.3, 0.4) is 0 Å². The summed E-state index contributed by atoms with van der Waals surface area (Å²) in [6.07, 6.45) is 2.47. The van der Waals surface area contributed by atoms with E-state index < -0.39 is 0 Å². The fourth-order valence-corrected chi connectivity index (χ4v) is 2.18. The minimum absolute atomic E-state index is 0.0400. The van der Waals surface area contributed by atoms with Gasteiger partial charge in [-0.3, -0.25) is 4.79 Å². The summed E-state index contributed by atoms with van der Waals surface area (Å²) in [5.41, 5.74) is 1.16. The Morgan fingerprint density at radius 1 is 1.22 bits per heavy atom. The van der Waals surface area contributed by atoms with Crippen molar-refractivity contribution in [1.82, 2.24) is 0 Å². The number of phenols is 1. The molecule has 2 N–H and O–H groups in total. The van der Waals surface area contributed by atoms with Crippen molar-refractivity contribution in [2.75, 3.05) is 5.32 Å². The Morgan fingerprint density at radius 3 is 2.22 bits per heavy atom. The maximum Gasteiger partial charge on any atom is 0.230 e. The molecule has 0 heterocycles. The van der Waals surface area contributed by atoms with Crippen LogP contribution in [0.2, 0.25) is 0 Å². The molecule has 0 radical (unpaired) electrons. The van der Waals surface area contributed by atoms with Crippen LogP contribution in [-0.4, -0.2) is 11.0 Å². The number of nitrogens with one attached hydrogen (secondary N) is 1.